The molecule has 4 rings (SSSR count). The van der Waals surface area contributed by atoms with E-state index < -0.39 is 11.8 Å². The number of benzene rings is 3. The molecule has 1 aliphatic rings. The van der Waals surface area contributed by atoms with Crippen molar-refractivity contribution in [1.82, 2.24) is 0 Å². The van der Waals surface area contributed by atoms with Crippen LogP contribution in [0.25, 0.3) is 0 Å². The van der Waals surface area contributed by atoms with Gasteiger partial charge in [0.15, 0.2) is 0 Å². The SMILES string of the molecule is O=C(Nc1ccc(Cl)c(Cl)c1)c1ccc(NC2=C(Cl)C(=O)N(c3ccccc3)C2=O)cc1. The van der Waals surface area contributed by atoms with Gasteiger partial charge in [0.2, 0.25) is 0 Å². The minimum Gasteiger partial charge on any atom is -0.350 e. The van der Waals surface area contributed by atoms with E-state index >= 15 is 0 Å². The van der Waals surface area contributed by atoms with Gasteiger partial charge in [-0.2, -0.15) is 0 Å². The molecule has 0 atom stereocenters. The van der Waals surface area contributed by atoms with Crippen molar-refractivity contribution in [3.63, 3.8) is 0 Å². The summed E-state index contributed by atoms with van der Waals surface area (Å²) in [5.41, 5.74) is 1.75. The highest BCUT2D eigenvalue weighted by Crippen LogP contribution is 2.30. The van der Waals surface area contributed by atoms with Crippen LogP contribution in [0.15, 0.2) is 83.5 Å². The smallest absolute Gasteiger partial charge is 0.283 e. The Labute approximate surface area is 198 Å². The maximum absolute atomic E-state index is 12.8. The zero-order valence-corrected chi connectivity index (χ0v) is 18.5. The molecule has 32 heavy (non-hydrogen) atoms. The first-order valence-electron chi connectivity index (χ1n) is 9.32. The molecule has 160 valence electrons. The predicted molar refractivity (Wildman–Crippen MR) is 126 cm³/mol. The van der Waals surface area contributed by atoms with Gasteiger partial charge in [-0.15, -0.1) is 0 Å². The van der Waals surface area contributed by atoms with Crippen LogP contribution in [0.1, 0.15) is 10.4 Å². The number of halogens is 3. The van der Waals surface area contributed by atoms with E-state index in [1.54, 1.807) is 72.8 Å². The summed E-state index contributed by atoms with van der Waals surface area (Å²) >= 11 is 18.0. The Bertz CT molecular complexity index is 1260. The van der Waals surface area contributed by atoms with Crippen LogP contribution in [-0.4, -0.2) is 17.7 Å². The molecule has 0 radical (unpaired) electrons. The number of hydrogen-bond acceptors (Lipinski definition) is 4. The zero-order valence-electron chi connectivity index (χ0n) is 16.2. The highest BCUT2D eigenvalue weighted by molar-refractivity contribution is 6.53. The topological polar surface area (TPSA) is 78.5 Å². The molecule has 3 amide bonds. The van der Waals surface area contributed by atoms with Crippen LogP contribution >= 0.6 is 34.8 Å². The fourth-order valence-electron chi connectivity index (χ4n) is 3.05. The van der Waals surface area contributed by atoms with E-state index in [0.29, 0.717) is 32.7 Å². The van der Waals surface area contributed by atoms with Crippen molar-refractivity contribution >= 4 is 69.6 Å². The highest BCUT2D eigenvalue weighted by atomic mass is 35.5. The van der Waals surface area contributed by atoms with Crippen LogP contribution in [-0.2, 0) is 9.59 Å². The maximum Gasteiger partial charge on any atom is 0.283 e. The molecule has 1 heterocycles. The lowest BCUT2D eigenvalue weighted by Gasteiger charge is -2.15. The van der Waals surface area contributed by atoms with Crippen molar-refractivity contribution in [2.45, 2.75) is 0 Å². The molecule has 0 bridgehead atoms. The lowest BCUT2D eigenvalue weighted by molar-refractivity contribution is -0.120. The average Bonchev–Trinajstić information content (AvgIpc) is 3.00. The van der Waals surface area contributed by atoms with Gasteiger partial charge in [-0.1, -0.05) is 53.0 Å². The minimum absolute atomic E-state index is 0.0338. The van der Waals surface area contributed by atoms with Crippen molar-refractivity contribution in [2.75, 3.05) is 15.5 Å². The van der Waals surface area contributed by atoms with Crippen LogP contribution < -0.4 is 15.5 Å². The number of imide groups is 1. The Balaban J connectivity index is 1.47. The second-order valence-corrected chi connectivity index (χ2v) is 7.95. The summed E-state index contributed by atoms with van der Waals surface area (Å²) in [5, 5.41) is 6.10. The molecule has 3 aromatic rings. The second kappa shape index (κ2) is 9.04. The van der Waals surface area contributed by atoms with Gasteiger partial charge in [0.05, 0.1) is 15.7 Å². The number of hydrogen-bond donors (Lipinski definition) is 2. The third kappa shape index (κ3) is 4.34. The standard InChI is InChI=1S/C23H14Cl3N3O3/c24-17-11-10-15(12-18(17)25)28-21(30)13-6-8-14(9-7-13)27-20-19(26)22(31)29(23(20)32)16-4-2-1-3-5-16/h1-12,27H,(H,28,30). The summed E-state index contributed by atoms with van der Waals surface area (Å²) in [6, 6.07) is 19.6. The van der Waals surface area contributed by atoms with Crippen LogP contribution in [0.2, 0.25) is 10.0 Å². The monoisotopic (exact) mass is 485 g/mol. The number of nitrogens with one attached hydrogen (secondary N) is 2. The first kappa shape index (κ1) is 21.9. The Morgan fingerprint density at radius 1 is 0.750 bits per heavy atom. The number of nitrogens with zero attached hydrogens (tertiary/aromatic N) is 1. The van der Waals surface area contributed by atoms with Gasteiger partial charge in [0.1, 0.15) is 10.7 Å². The number of para-hydroxylation sites is 1. The van der Waals surface area contributed by atoms with E-state index in [9.17, 15) is 14.4 Å². The normalized spacial score (nSPS) is 13.5. The van der Waals surface area contributed by atoms with E-state index in [0.717, 1.165) is 4.90 Å². The summed E-state index contributed by atoms with van der Waals surface area (Å²) in [6.07, 6.45) is 0. The third-order valence-electron chi connectivity index (χ3n) is 4.64. The van der Waals surface area contributed by atoms with Gasteiger partial charge < -0.3 is 10.6 Å². The van der Waals surface area contributed by atoms with Crippen molar-refractivity contribution < 1.29 is 14.4 Å². The Morgan fingerprint density at radius 3 is 2.06 bits per heavy atom. The van der Waals surface area contributed by atoms with E-state index in [1.807, 2.05) is 0 Å². The zero-order chi connectivity index (χ0) is 22.8. The average molecular weight is 487 g/mol. The van der Waals surface area contributed by atoms with Gasteiger partial charge >= 0.3 is 0 Å². The fraction of sp³-hybridized carbons (Fsp3) is 0. The molecular formula is C23H14Cl3N3O3. The number of rotatable bonds is 5. The van der Waals surface area contributed by atoms with Crippen molar-refractivity contribution in [3.8, 4) is 0 Å². The molecule has 0 unspecified atom stereocenters. The first-order valence-corrected chi connectivity index (χ1v) is 10.5. The summed E-state index contributed by atoms with van der Waals surface area (Å²) in [7, 11) is 0. The fourth-order valence-corrected chi connectivity index (χ4v) is 3.56. The van der Waals surface area contributed by atoms with Crippen molar-refractivity contribution in [1.29, 1.82) is 0 Å². The van der Waals surface area contributed by atoms with Crippen molar-refractivity contribution in [2.24, 2.45) is 0 Å². The van der Waals surface area contributed by atoms with Crippen molar-refractivity contribution in [3.05, 3.63) is 99.1 Å². The molecular weight excluding hydrogens is 473 g/mol. The third-order valence-corrected chi connectivity index (χ3v) is 5.73. The molecule has 9 heteroatoms. The number of anilines is 3. The molecule has 0 saturated heterocycles. The highest BCUT2D eigenvalue weighted by Gasteiger charge is 2.38. The van der Waals surface area contributed by atoms with Crippen LogP contribution in [0.5, 0.6) is 0 Å². The summed E-state index contributed by atoms with van der Waals surface area (Å²) in [6.45, 7) is 0. The summed E-state index contributed by atoms with van der Waals surface area (Å²) < 4.78 is 0. The lowest BCUT2D eigenvalue weighted by Crippen LogP contribution is -2.32. The van der Waals surface area contributed by atoms with Gasteiger partial charge in [0, 0.05) is 16.9 Å². The molecule has 0 fully saturated rings. The van der Waals surface area contributed by atoms with E-state index in [2.05, 4.69) is 10.6 Å². The molecule has 0 aliphatic carbocycles. The van der Waals surface area contributed by atoms with Gasteiger partial charge in [0.25, 0.3) is 17.7 Å². The molecule has 0 aromatic heterocycles. The lowest BCUT2D eigenvalue weighted by atomic mass is 10.2. The number of amides is 3. The molecule has 6 nitrogen and oxygen atoms in total. The van der Waals surface area contributed by atoms with Crippen LogP contribution in [0, 0.1) is 0 Å². The van der Waals surface area contributed by atoms with Crippen LogP contribution in [0.3, 0.4) is 0 Å². The molecule has 0 spiro atoms. The quantitative estimate of drug-likeness (QED) is 0.455. The van der Waals surface area contributed by atoms with E-state index in [1.165, 1.54) is 0 Å². The van der Waals surface area contributed by atoms with Gasteiger partial charge in [-0.3, -0.25) is 14.4 Å². The van der Waals surface area contributed by atoms with Crippen LogP contribution in [0.4, 0.5) is 17.1 Å². The second-order valence-electron chi connectivity index (χ2n) is 6.76. The summed E-state index contributed by atoms with van der Waals surface area (Å²) in [4.78, 5) is 38.7. The Kier molecular flexibility index (Phi) is 6.19. The van der Waals surface area contributed by atoms with Gasteiger partial charge in [-0.25, -0.2) is 4.90 Å². The summed E-state index contributed by atoms with van der Waals surface area (Å²) in [5.74, 6) is -1.52. The first-order chi connectivity index (χ1) is 15.3. The number of carbonyl (C=O) groups is 3. The Hall–Kier alpha value is -3.32. The molecule has 0 saturated carbocycles. The predicted octanol–water partition coefficient (Wildman–Crippen LogP) is 5.68. The van der Waals surface area contributed by atoms with E-state index in [-0.39, 0.29) is 16.6 Å². The van der Waals surface area contributed by atoms with Gasteiger partial charge in [-0.05, 0) is 54.6 Å². The largest absolute Gasteiger partial charge is 0.350 e. The molecule has 1 aliphatic heterocycles. The minimum atomic E-state index is -0.608. The number of carbonyl (C=O) groups excluding carboxylic acids is 3. The molecule has 3 aromatic carbocycles. The molecule has 2 N–H and O–H groups in total. The Morgan fingerprint density at radius 2 is 1.41 bits per heavy atom. The maximum atomic E-state index is 12.8. The van der Waals surface area contributed by atoms with E-state index in [4.69, 9.17) is 34.8 Å².